The summed E-state index contributed by atoms with van der Waals surface area (Å²) in [5.74, 6) is 0.324. The van der Waals surface area contributed by atoms with Crippen molar-refractivity contribution in [2.45, 2.75) is 4.90 Å². The molecule has 1 aliphatic heterocycles. The number of imide groups is 1. The summed E-state index contributed by atoms with van der Waals surface area (Å²) in [5.41, 5.74) is 1.75. The predicted octanol–water partition coefficient (Wildman–Crippen LogP) is 6.01. The minimum atomic E-state index is -0.390. The Labute approximate surface area is 206 Å². The van der Waals surface area contributed by atoms with E-state index in [1.807, 2.05) is 36.4 Å². The van der Waals surface area contributed by atoms with E-state index in [2.05, 4.69) is 5.32 Å². The number of carbonyl (C=O) groups excluding carboxylic acids is 3. The van der Waals surface area contributed by atoms with Crippen LogP contribution in [0.25, 0.3) is 0 Å². The highest BCUT2D eigenvalue weighted by Gasteiger charge is 2.36. The zero-order valence-corrected chi connectivity index (χ0v) is 19.3. The van der Waals surface area contributed by atoms with Crippen LogP contribution in [0.3, 0.4) is 0 Å². The Morgan fingerprint density at radius 3 is 2.20 bits per heavy atom. The second-order valence-electron chi connectivity index (χ2n) is 7.77. The van der Waals surface area contributed by atoms with Gasteiger partial charge in [0.15, 0.2) is 0 Å². The SMILES string of the molecule is O=C(CSc1ccccc1)Nc1cccc(Oc2ccc3c(c2)C(=O)N(c2ccccc2)C3=O)c1. The minimum absolute atomic E-state index is 0.126. The average Bonchev–Trinajstić information content (AvgIpc) is 3.13. The Morgan fingerprint density at radius 1 is 0.743 bits per heavy atom. The fourth-order valence-corrected chi connectivity index (χ4v) is 4.45. The summed E-state index contributed by atoms with van der Waals surface area (Å²) in [6, 6.07) is 30.4. The van der Waals surface area contributed by atoms with E-state index in [-0.39, 0.29) is 17.6 Å². The molecule has 3 amide bonds. The molecule has 0 atom stereocenters. The summed E-state index contributed by atoms with van der Waals surface area (Å²) in [4.78, 5) is 40.3. The van der Waals surface area contributed by atoms with Gasteiger partial charge in [0.2, 0.25) is 5.91 Å². The highest BCUT2D eigenvalue weighted by Crippen LogP contribution is 2.32. The van der Waals surface area contributed by atoms with Crippen molar-refractivity contribution in [2.75, 3.05) is 16.0 Å². The molecule has 35 heavy (non-hydrogen) atoms. The van der Waals surface area contributed by atoms with Gasteiger partial charge >= 0.3 is 0 Å². The number of benzene rings is 4. The average molecular weight is 481 g/mol. The number of para-hydroxylation sites is 1. The van der Waals surface area contributed by atoms with Crippen LogP contribution in [0.15, 0.2) is 108 Å². The molecule has 0 radical (unpaired) electrons. The van der Waals surface area contributed by atoms with Gasteiger partial charge in [0.1, 0.15) is 11.5 Å². The first kappa shape index (κ1) is 22.4. The molecule has 0 saturated carbocycles. The largest absolute Gasteiger partial charge is 0.457 e. The molecule has 0 aromatic heterocycles. The highest BCUT2D eigenvalue weighted by molar-refractivity contribution is 8.00. The number of hydrogen-bond donors (Lipinski definition) is 1. The summed E-state index contributed by atoms with van der Waals surface area (Å²) in [6.45, 7) is 0. The molecule has 1 N–H and O–H groups in total. The molecular weight excluding hydrogens is 460 g/mol. The Hall–Kier alpha value is -4.36. The minimum Gasteiger partial charge on any atom is -0.457 e. The molecule has 0 bridgehead atoms. The Kier molecular flexibility index (Phi) is 6.32. The highest BCUT2D eigenvalue weighted by atomic mass is 32.2. The van der Waals surface area contributed by atoms with Gasteiger partial charge in [-0.15, -0.1) is 11.8 Å². The molecule has 4 aromatic rings. The molecule has 0 aliphatic carbocycles. The first-order valence-electron chi connectivity index (χ1n) is 10.9. The van der Waals surface area contributed by atoms with Crippen molar-refractivity contribution >= 4 is 40.9 Å². The van der Waals surface area contributed by atoms with E-state index in [0.29, 0.717) is 34.0 Å². The normalized spacial score (nSPS) is 12.4. The first-order valence-corrected chi connectivity index (χ1v) is 11.9. The maximum absolute atomic E-state index is 13.0. The lowest BCUT2D eigenvalue weighted by molar-refractivity contribution is -0.113. The van der Waals surface area contributed by atoms with Crippen LogP contribution in [-0.2, 0) is 4.79 Å². The quantitative estimate of drug-likeness (QED) is 0.259. The number of anilines is 2. The second-order valence-corrected chi connectivity index (χ2v) is 8.82. The summed E-state index contributed by atoms with van der Waals surface area (Å²) in [7, 11) is 0. The number of hydrogen-bond acceptors (Lipinski definition) is 5. The van der Waals surface area contributed by atoms with Crippen molar-refractivity contribution in [3.8, 4) is 11.5 Å². The maximum Gasteiger partial charge on any atom is 0.266 e. The van der Waals surface area contributed by atoms with E-state index in [1.165, 1.54) is 11.8 Å². The van der Waals surface area contributed by atoms with Crippen LogP contribution in [0.5, 0.6) is 11.5 Å². The van der Waals surface area contributed by atoms with E-state index in [1.54, 1.807) is 66.7 Å². The molecule has 0 spiro atoms. The number of thioether (sulfide) groups is 1. The van der Waals surface area contributed by atoms with E-state index in [4.69, 9.17) is 4.74 Å². The molecule has 0 fully saturated rings. The fourth-order valence-electron chi connectivity index (χ4n) is 3.73. The maximum atomic E-state index is 13.0. The fraction of sp³-hybridized carbons (Fsp3) is 0.0357. The smallest absolute Gasteiger partial charge is 0.266 e. The van der Waals surface area contributed by atoms with Gasteiger partial charge in [-0.3, -0.25) is 14.4 Å². The second kappa shape index (κ2) is 9.87. The van der Waals surface area contributed by atoms with E-state index in [9.17, 15) is 14.4 Å². The monoisotopic (exact) mass is 480 g/mol. The number of ether oxygens (including phenoxy) is 1. The van der Waals surface area contributed by atoms with Gasteiger partial charge < -0.3 is 10.1 Å². The van der Waals surface area contributed by atoms with Gasteiger partial charge in [-0.2, -0.15) is 0 Å². The van der Waals surface area contributed by atoms with Gasteiger partial charge in [-0.25, -0.2) is 4.90 Å². The number of amides is 3. The third kappa shape index (κ3) is 4.95. The van der Waals surface area contributed by atoms with E-state index >= 15 is 0 Å². The summed E-state index contributed by atoms with van der Waals surface area (Å²) in [5, 5.41) is 2.87. The topological polar surface area (TPSA) is 75.7 Å². The molecule has 0 unspecified atom stereocenters. The zero-order valence-electron chi connectivity index (χ0n) is 18.5. The molecule has 1 aliphatic rings. The molecule has 0 saturated heterocycles. The molecular formula is C28H20N2O4S. The standard InChI is InChI=1S/C28H20N2O4S/c31-26(18-35-23-12-5-2-6-13-23)29-19-8-7-11-21(16-19)34-22-14-15-24-25(17-22)28(33)30(27(24)32)20-9-3-1-4-10-20/h1-17H,18H2,(H,29,31). The summed E-state index contributed by atoms with van der Waals surface area (Å²) >= 11 is 1.46. The first-order chi connectivity index (χ1) is 17.1. The number of nitrogens with zero attached hydrogens (tertiary/aromatic N) is 1. The molecule has 5 rings (SSSR count). The van der Waals surface area contributed by atoms with Crippen molar-refractivity contribution in [1.82, 2.24) is 0 Å². The van der Waals surface area contributed by atoms with Crippen LogP contribution in [0, 0.1) is 0 Å². The number of carbonyl (C=O) groups is 3. The van der Waals surface area contributed by atoms with Crippen LogP contribution in [0.2, 0.25) is 0 Å². The number of fused-ring (bicyclic) bond motifs is 1. The van der Waals surface area contributed by atoms with Crippen molar-refractivity contribution in [2.24, 2.45) is 0 Å². The van der Waals surface area contributed by atoms with Crippen molar-refractivity contribution in [1.29, 1.82) is 0 Å². The Balaban J connectivity index is 1.27. The predicted molar refractivity (Wildman–Crippen MR) is 136 cm³/mol. The van der Waals surface area contributed by atoms with Gasteiger partial charge in [-0.1, -0.05) is 42.5 Å². The lowest BCUT2D eigenvalue weighted by Gasteiger charge is -2.13. The molecule has 1 heterocycles. The number of nitrogens with one attached hydrogen (secondary N) is 1. The molecule has 172 valence electrons. The Morgan fingerprint density at radius 2 is 1.43 bits per heavy atom. The number of rotatable bonds is 7. The van der Waals surface area contributed by atoms with Gasteiger partial charge in [-0.05, 0) is 54.6 Å². The Bertz CT molecular complexity index is 1410. The van der Waals surface area contributed by atoms with Crippen LogP contribution in [0.4, 0.5) is 11.4 Å². The van der Waals surface area contributed by atoms with Crippen molar-refractivity contribution in [3.63, 3.8) is 0 Å². The molecule has 6 nitrogen and oxygen atoms in total. The van der Waals surface area contributed by atoms with Crippen LogP contribution >= 0.6 is 11.8 Å². The molecule has 7 heteroatoms. The third-order valence-electron chi connectivity index (χ3n) is 5.34. The lowest BCUT2D eigenvalue weighted by Crippen LogP contribution is -2.29. The van der Waals surface area contributed by atoms with Crippen molar-refractivity contribution in [3.05, 3.63) is 114 Å². The van der Waals surface area contributed by atoms with E-state index in [0.717, 1.165) is 9.80 Å². The summed E-state index contributed by atoms with van der Waals surface area (Å²) in [6.07, 6.45) is 0. The lowest BCUT2D eigenvalue weighted by atomic mass is 10.1. The van der Waals surface area contributed by atoms with Crippen molar-refractivity contribution < 1.29 is 19.1 Å². The summed E-state index contributed by atoms with van der Waals surface area (Å²) < 4.78 is 5.94. The van der Waals surface area contributed by atoms with Gasteiger partial charge in [0, 0.05) is 16.6 Å². The van der Waals surface area contributed by atoms with Crippen LogP contribution < -0.4 is 15.0 Å². The van der Waals surface area contributed by atoms with E-state index < -0.39 is 5.91 Å². The van der Waals surface area contributed by atoms with Crippen LogP contribution in [0.1, 0.15) is 20.7 Å². The molecule has 4 aromatic carbocycles. The van der Waals surface area contributed by atoms with Crippen LogP contribution in [-0.4, -0.2) is 23.5 Å². The third-order valence-corrected chi connectivity index (χ3v) is 6.35. The zero-order chi connectivity index (χ0) is 24.2. The van der Waals surface area contributed by atoms with Gasteiger partial charge in [0.25, 0.3) is 11.8 Å². The van der Waals surface area contributed by atoms with Gasteiger partial charge in [0.05, 0.1) is 22.6 Å².